The summed E-state index contributed by atoms with van der Waals surface area (Å²) < 4.78 is 44.5. The second-order valence-corrected chi connectivity index (χ2v) is 7.25. The van der Waals surface area contributed by atoms with Crippen molar-refractivity contribution in [1.82, 2.24) is 4.72 Å². The van der Waals surface area contributed by atoms with Gasteiger partial charge in [0.05, 0.1) is 17.6 Å². The van der Waals surface area contributed by atoms with Crippen molar-refractivity contribution in [3.05, 3.63) is 29.6 Å². The monoisotopic (exact) mass is 303 g/mol. The number of ether oxygens (including phenoxy) is 1. The molecular weight excluding hydrogens is 285 g/mol. The number of rotatable bonds is 4. The van der Waals surface area contributed by atoms with Gasteiger partial charge in [0.2, 0.25) is 10.0 Å². The summed E-state index contributed by atoms with van der Waals surface area (Å²) in [5.41, 5.74) is -0.485. The van der Waals surface area contributed by atoms with Crippen molar-refractivity contribution >= 4 is 16.0 Å². The first-order valence-electron chi connectivity index (χ1n) is 5.94. The summed E-state index contributed by atoms with van der Waals surface area (Å²) in [4.78, 5) is 11.1. The molecule has 112 valence electrons. The van der Waals surface area contributed by atoms with Crippen molar-refractivity contribution in [2.24, 2.45) is 5.41 Å². The van der Waals surface area contributed by atoms with Gasteiger partial charge >= 0.3 is 5.97 Å². The Bertz CT molecular complexity index is 605. The molecule has 0 atom stereocenters. The zero-order valence-corrected chi connectivity index (χ0v) is 12.7. The van der Waals surface area contributed by atoms with Gasteiger partial charge < -0.3 is 4.74 Å². The van der Waals surface area contributed by atoms with Crippen LogP contribution in [0.5, 0.6) is 0 Å². The van der Waals surface area contributed by atoms with Crippen molar-refractivity contribution in [2.75, 3.05) is 13.7 Å². The van der Waals surface area contributed by atoms with Gasteiger partial charge in [0.1, 0.15) is 5.82 Å². The molecule has 0 heterocycles. The number of sulfonamides is 1. The number of hydrogen-bond acceptors (Lipinski definition) is 4. The van der Waals surface area contributed by atoms with E-state index in [0.717, 1.165) is 25.3 Å². The van der Waals surface area contributed by atoms with Crippen molar-refractivity contribution in [2.45, 2.75) is 25.7 Å². The topological polar surface area (TPSA) is 72.5 Å². The third-order valence-corrected chi connectivity index (χ3v) is 3.87. The van der Waals surface area contributed by atoms with E-state index in [0.29, 0.717) is 0 Å². The van der Waals surface area contributed by atoms with Gasteiger partial charge in [0.25, 0.3) is 0 Å². The summed E-state index contributed by atoms with van der Waals surface area (Å²) in [7, 11) is -2.86. The molecule has 0 aromatic heterocycles. The molecule has 1 rings (SSSR count). The van der Waals surface area contributed by atoms with Crippen LogP contribution in [0.15, 0.2) is 23.1 Å². The second kappa shape index (κ2) is 5.88. The maximum atomic E-state index is 13.3. The first-order chi connectivity index (χ1) is 9.07. The molecule has 0 saturated heterocycles. The Balaban J connectivity index is 3.23. The smallest absolute Gasteiger partial charge is 0.339 e. The standard InChI is InChI=1S/C13H18FNO4S/c1-13(2,3)8-15-20(17,18)11-7-9(14)5-6-10(11)12(16)19-4/h5-7,15H,8H2,1-4H3. The molecule has 5 nitrogen and oxygen atoms in total. The maximum Gasteiger partial charge on any atom is 0.339 e. The van der Waals surface area contributed by atoms with Crippen molar-refractivity contribution in [3.8, 4) is 0 Å². The highest BCUT2D eigenvalue weighted by Gasteiger charge is 2.25. The van der Waals surface area contributed by atoms with Crippen molar-refractivity contribution in [3.63, 3.8) is 0 Å². The summed E-state index contributed by atoms with van der Waals surface area (Å²) in [6, 6.07) is 2.90. The van der Waals surface area contributed by atoms with Gasteiger partial charge in [-0.05, 0) is 23.6 Å². The molecule has 0 aliphatic rings. The summed E-state index contributed by atoms with van der Waals surface area (Å²) >= 11 is 0. The normalized spacial score (nSPS) is 12.2. The van der Waals surface area contributed by atoms with Crippen LogP contribution in [0.25, 0.3) is 0 Å². The zero-order chi connectivity index (χ0) is 15.6. The fourth-order valence-electron chi connectivity index (χ4n) is 1.39. The van der Waals surface area contributed by atoms with Gasteiger partial charge in [-0.2, -0.15) is 0 Å². The first-order valence-corrected chi connectivity index (χ1v) is 7.43. The SMILES string of the molecule is COC(=O)c1ccc(F)cc1S(=O)(=O)NCC(C)(C)C. The largest absolute Gasteiger partial charge is 0.465 e. The van der Waals surface area contributed by atoms with Gasteiger partial charge in [-0.1, -0.05) is 20.8 Å². The lowest BCUT2D eigenvalue weighted by Gasteiger charge is -2.19. The summed E-state index contributed by atoms with van der Waals surface area (Å²) in [6.07, 6.45) is 0. The fraction of sp³-hybridized carbons (Fsp3) is 0.462. The van der Waals surface area contributed by atoms with E-state index in [-0.39, 0.29) is 17.5 Å². The summed E-state index contributed by atoms with van der Waals surface area (Å²) in [5.74, 6) is -1.57. The molecule has 1 aromatic rings. The molecule has 20 heavy (non-hydrogen) atoms. The molecule has 0 aliphatic carbocycles. The number of nitrogens with one attached hydrogen (secondary N) is 1. The average Bonchev–Trinajstić information content (AvgIpc) is 2.35. The predicted octanol–water partition coefficient (Wildman–Crippen LogP) is 1.94. The highest BCUT2D eigenvalue weighted by molar-refractivity contribution is 7.89. The lowest BCUT2D eigenvalue weighted by atomic mass is 9.98. The quantitative estimate of drug-likeness (QED) is 0.863. The highest BCUT2D eigenvalue weighted by Crippen LogP contribution is 2.20. The second-order valence-electron chi connectivity index (χ2n) is 5.52. The van der Waals surface area contributed by atoms with Crippen LogP contribution >= 0.6 is 0 Å². The van der Waals surface area contributed by atoms with E-state index in [1.165, 1.54) is 0 Å². The van der Waals surface area contributed by atoms with E-state index in [4.69, 9.17) is 0 Å². The molecule has 0 spiro atoms. The first kappa shape index (κ1) is 16.6. The molecule has 0 fully saturated rings. The number of halogens is 1. The molecule has 0 bridgehead atoms. The molecule has 1 N–H and O–H groups in total. The lowest BCUT2D eigenvalue weighted by Crippen LogP contribution is -2.33. The number of carbonyl (C=O) groups is 1. The molecular formula is C13H18FNO4S. The van der Waals surface area contributed by atoms with Gasteiger partial charge in [-0.15, -0.1) is 0 Å². The van der Waals surface area contributed by atoms with E-state index in [2.05, 4.69) is 9.46 Å². The Labute approximate surface area is 118 Å². The Kier molecular flexibility index (Phi) is 4.88. The maximum absolute atomic E-state index is 13.3. The van der Waals surface area contributed by atoms with Crippen LogP contribution in [0.1, 0.15) is 31.1 Å². The molecule has 0 aliphatic heterocycles. The van der Waals surface area contributed by atoms with Crippen molar-refractivity contribution < 1.29 is 22.3 Å². The molecule has 0 amide bonds. The Morgan fingerprint density at radius 1 is 1.35 bits per heavy atom. The summed E-state index contributed by atoms with van der Waals surface area (Å²) in [6.45, 7) is 5.71. The lowest BCUT2D eigenvalue weighted by molar-refractivity contribution is 0.0596. The number of benzene rings is 1. The van der Waals surface area contributed by atoms with Crippen LogP contribution in [0, 0.1) is 11.2 Å². The minimum atomic E-state index is -3.99. The molecule has 7 heteroatoms. The van der Waals surface area contributed by atoms with E-state index in [1.54, 1.807) is 0 Å². The van der Waals surface area contributed by atoms with Gasteiger partial charge in [0, 0.05) is 6.54 Å². The van der Waals surface area contributed by atoms with Crippen LogP contribution in [-0.2, 0) is 14.8 Å². The van der Waals surface area contributed by atoms with Gasteiger partial charge in [0.15, 0.2) is 0 Å². The Morgan fingerprint density at radius 2 is 1.95 bits per heavy atom. The number of methoxy groups -OCH3 is 1. The van der Waals surface area contributed by atoms with Crippen LogP contribution < -0.4 is 4.72 Å². The predicted molar refractivity (Wildman–Crippen MR) is 72.4 cm³/mol. The molecule has 1 aromatic carbocycles. The van der Waals surface area contributed by atoms with Gasteiger partial charge in [-0.3, -0.25) is 0 Å². The minimum Gasteiger partial charge on any atom is -0.465 e. The zero-order valence-electron chi connectivity index (χ0n) is 11.9. The molecule has 0 saturated carbocycles. The molecule has 0 radical (unpaired) electrons. The van der Waals surface area contributed by atoms with E-state index >= 15 is 0 Å². The third-order valence-electron chi connectivity index (χ3n) is 2.43. The van der Waals surface area contributed by atoms with E-state index in [9.17, 15) is 17.6 Å². The summed E-state index contributed by atoms with van der Waals surface area (Å²) in [5, 5.41) is 0. The van der Waals surface area contributed by atoms with Crippen LogP contribution in [0.2, 0.25) is 0 Å². The number of esters is 1. The molecule has 0 unspecified atom stereocenters. The van der Waals surface area contributed by atoms with Gasteiger partial charge in [-0.25, -0.2) is 22.3 Å². The van der Waals surface area contributed by atoms with E-state index < -0.39 is 26.7 Å². The van der Waals surface area contributed by atoms with Crippen molar-refractivity contribution in [1.29, 1.82) is 0 Å². The van der Waals surface area contributed by atoms with Crippen LogP contribution in [0.4, 0.5) is 4.39 Å². The number of carbonyl (C=O) groups excluding carboxylic acids is 1. The Morgan fingerprint density at radius 3 is 2.45 bits per heavy atom. The van der Waals surface area contributed by atoms with E-state index in [1.807, 2.05) is 20.8 Å². The highest BCUT2D eigenvalue weighted by atomic mass is 32.2. The average molecular weight is 303 g/mol. The van der Waals surface area contributed by atoms with Crippen LogP contribution in [-0.4, -0.2) is 28.0 Å². The number of hydrogen-bond donors (Lipinski definition) is 1. The van der Waals surface area contributed by atoms with Crippen LogP contribution in [0.3, 0.4) is 0 Å². The third kappa shape index (κ3) is 4.28. The fourth-order valence-corrected chi connectivity index (χ4v) is 2.87. The minimum absolute atomic E-state index is 0.159. The Hall–Kier alpha value is -1.47.